The molecule has 2 nitrogen and oxygen atoms in total. The van der Waals surface area contributed by atoms with Gasteiger partial charge in [-0.1, -0.05) is 24.8 Å². The molecule has 0 aliphatic heterocycles. The SMILES string of the molecule is C=C(/C=C\N)c1cccc(-c2ccncc2)c1. The van der Waals surface area contributed by atoms with Crippen molar-refractivity contribution in [2.24, 2.45) is 5.73 Å². The Kier molecular flexibility index (Phi) is 3.36. The molecular weight excluding hydrogens is 208 g/mol. The molecule has 17 heavy (non-hydrogen) atoms. The van der Waals surface area contributed by atoms with Crippen molar-refractivity contribution in [1.82, 2.24) is 4.98 Å². The van der Waals surface area contributed by atoms with Crippen LogP contribution in [-0.4, -0.2) is 4.98 Å². The zero-order valence-corrected chi connectivity index (χ0v) is 9.51. The van der Waals surface area contributed by atoms with Crippen molar-refractivity contribution in [3.8, 4) is 11.1 Å². The summed E-state index contributed by atoms with van der Waals surface area (Å²) in [5.41, 5.74) is 9.64. The van der Waals surface area contributed by atoms with E-state index in [1.165, 1.54) is 6.20 Å². The van der Waals surface area contributed by atoms with E-state index in [1.807, 2.05) is 24.3 Å². The van der Waals surface area contributed by atoms with Gasteiger partial charge in [-0.3, -0.25) is 4.98 Å². The summed E-state index contributed by atoms with van der Waals surface area (Å²) in [6, 6.07) is 12.2. The number of pyridine rings is 1. The molecule has 2 N–H and O–H groups in total. The molecule has 1 aromatic heterocycles. The first-order chi connectivity index (χ1) is 8.31. The second-order valence-corrected chi connectivity index (χ2v) is 3.70. The fourth-order valence-corrected chi connectivity index (χ4v) is 1.66. The highest BCUT2D eigenvalue weighted by Gasteiger charge is 1.99. The summed E-state index contributed by atoms with van der Waals surface area (Å²) in [5, 5.41) is 0. The molecule has 0 bridgehead atoms. The zero-order chi connectivity index (χ0) is 12.1. The van der Waals surface area contributed by atoms with Crippen LogP contribution in [0.25, 0.3) is 16.7 Å². The first-order valence-electron chi connectivity index (χ1n) is 5.39. The normalized spacial score (nSPS) is 10.6. The standard InChI is InChI=1S/C15H14N2/c1-12(5-8-16)14-3-2-4-15(11-14)13-6-9-17-10-7-13/h2-11H,1,16H2/b8-5-. The summed E-state index contributed by atoms with van der Waals surface area (Å²) >= 11 is 0. The van der Waals surface area contributed by atoms with Crippen LogP contribution in [0.3, 0.4) is 0 Å². The largest absolute Gasteiger partial charge is 0.405 e. The van der Waals surface area contributed by atoms with Gasteiger partial charge in [-0.15, -0.1) is 0 Å². The zero-order valence-electron chi connectivity index (χ0n) is 9.51. The molecule has 1 heterocycles. The van der Waals surface area contributed by atoms with Gasteiger partial charge < -0.3 is 5.73 Å². The van der Waals surface area contributed by atoms with Crippen molar-refractivity contribution in [1.29, 1.82) is 0 Å². The van der Waals surface area contributed by atoms with Crippen LogP contribution >= 0.6 is 0 Å². The lowest BCUT2D eigenvalue weighted by Gasteiger charge is -2.05. The van der Waals surface area contributed by atoms with Crippen LogP contribution in [0.4, 0.5) is 0 Å². The van der Waals surface area contributed by atoms with Crippen molar-refractivity contribution in [3.63, 3.8) is 0 Å². The van der Waals surface area contributed by atoms with E-state index in [2.05, 4.69) is 23.7 Å². The molecule has 2 aromatic rings. The summed E-state index contributed by atoms with van der Waals surface area (Å²) in [6.45, 7) is 3.97. The molecule has 0 aliphatic carbocycles. The number of nitrogens with two attached hydrogens (primary N) is 1. The minimum absolute atomic E-state index is 0.906. The van der Waals surface area contributed by atoms with Gasteiger partial charge in [-0.05, 0) is 52.7 Å². The smallest absolute Gasteiger partial charge is 0.0273 e. The molecule has 1 aromatic carbocycles. The quantitative estimate of drug-likeness (QED) is 0.810. The predicted molar refractivity (Wildman–Crippen MR) is 72.0 cm³/mol. The van der Waals surface area contributed by atoms with Crippen molar-refractivity contribution in [3.05, 3.63) is 73.2 Å². The monoisotopic (exact) mass is 222 g/mol. The fraction of sp³-hybridized carbons (Fsp3) is 0. The van der Waals surface area contributed by atoms with E-state index in [4.69, 9.17) is 5.73 Å². The van der Waals surface area contributed by atoms with E-state index in [1.54, 1.807) is 18.5 Å². The van der Waals surface area contributed by atoms with Gasteiger partial charge in [-0.25, -0.2) is 0 Å². The Morgan fingerprint density at radius 3 is 2.59 bits per heavy atom. The van der Waals surface area contributed by atoms with Crippen molar-refractivity contribution >= 4 is 5.57 Å². The minimum Gasteiger partial charge on any atom is -0.405 e. The number of allylic oxidation sites excluding steroid dienone is 2. The third-order valence-corrected chi connectivity index (χ3v) is 2.54. The van der Waals surface area contributed by atoms with Gasteiger partial charge in [0.25, 0.3) is 0 Å². The van der Waals surface area contributed by atoms with Crippen LogP contribution < -0.4 is 5.73 Å². The molecule has 0 saturated heterocycles. The molecular formula is C15H14N2. The molecule has 0 unspecified atom stereocenters. The van der Waals surface area contributed by atoms with E-state index in [9.17, 15) is 0 Å². The van der Waals surface area contributed by atoms with Crippen LogP contribution in [0, 0.1) is 0 Å². The van der Waals surface area contributed by atoms with Crippen molar-refractivity contribution < 1.29 is 0 Å². The van der Waals surface area contributed by atoms with Crippen LogP contribution in [0.2, 0.25) is 0 Å². The molecule has 0 radical (unpaired) electrons. The van der Waals surface area contributed by atoms with Gasteiger partial charge in [0.2, 0.25) is 0 Å². The maximum atomic E-state index is 5.37. The molecule has 0 spiro atoms. The molecule has 0 atom stereocenters. The fourth-order valence-electron chi connectivity index (χ4n) is 1.66. The molecule has 0 amide bonds. The highest BCUT2D eigenvalue weighted by atomic mass is 14.6. The number of benzene rings is 1. The highest BCUT2D eigenvalue weighted by Crippen LogP contribution is 2.22. The number of hydrogen-bond donors (Lipinski definition) is 1. The Bertz CT molecular complexity index is 542. The van der Waals surface area contributed by atoms with Gasteiger partial charge in [0, 0.05) is 12.4 Å². The van der Waals surface area contributed by atoms with Crippen molar-refractivity contribution in [2.75, 3.05) is 0 Å². The molecule has 0 fully saturated rings. The molecule has 0 saturated carbocycles. The third kappa shape index (κ3) is 2.61. The maximum Gasteiger partial charge on any atom is 0.0273 e. The minimum atomic E-state index is 0.906. The maximum absolute atomic E-state index is 5.37. The number of nitrogens with zero attached hydrogens (tertiary/aromatic N) is 1. The van der Waals surface area contributed by atoms with Gasteiger partial charge in [0.05, 0.1) is 0 Å². The number of rotatable bonds is 3. The third-order valence-electron chi connectivity index (χ3n) is 2.54. The number of hydrogen-bond acceptors (Lipinski definition) is 2. The molecule has 2 heteroatoms. The molecule has 2 rings (SSSR count). The van der Waals surface area contributed by atoms with E-state index < -0.39 is 0 Å². The summed E-state index contributed by atoms with van der Waals surface area (Å²) < 4.78 is 0. The summed E-state index contributed by atoms with van der Waals surface area (Å²) in [5.74, 6) is 0. The lowest BCUT2D eigenvalue weighted by atomic mass is 10.0. The number of aromatic nitrogens is 1. The predicted octanol–water partition coefficient (Wildman–Crippen LogP) is 3.23. The van der Waals surface area contributed by atoms with Crippen LogP contribution in [0.1, 0.15) is 5.56 Å². The lowest BCUT2D eigenvalue weighted by Crippen LogP contribution is -1.84. The van der Waals surface area contributed by atoms with Crippen LogP contribution in [0.15, 0.2) is 67.6 Å². The first kappa shape index (κ1) is 11.1. The Morgan fingerprint density at radius 1 is 1.12 bits per heavy atom. The molecule has 0 aliphatic rings. The van der Waals surface area contributed by atoms with Gasteiger partial charge >= 0.3 is 0 Å². The van der Waals surface area contributed by atoms with E-state index in [0.717, 1.165) is 22.3 Å². The van der Waals surface area contributed by atoms with Crippen LogP contribution in [-0.2, 0) is 0 Å². The average Bonchev–Trinajstić information content (AvgIpc) is 2.40. The summed E-state index contributed by atoms with van der Waals surface area (Å²) in [7, 11) is 0. The van der Waals surface area contributed by atoms with E-state index in [-0.39, 0.29) is 0 Å². The first-order valence-corrected chi connectivity index (χ1v) is 5.39. The Hall–Kier alpha value is -2.35. The Labute approximate surface area is 101 Å². The second-order valence-electron chi connectivity index (χ2n) is 3.70. The Morgan fingerprint density at radius 2 is 1.88 bits per heavy atom. The molecule has 84 valence electrons. The second kappa shape index (κ2) is 5.12. The Balaban J connectivity index is 2.39. The summed E-state index contributed by atoms with van der Waals surface area (Å²) in [4.78, 5) is 4.01. The highest BCUT2D eigenvalue weighted by molar-refractivity contribution is 5.76. The van der Waals surface area contributed by atoms with Gasteiger partial charge in [-0.2, -0.15) is 0 Å². The van der Waals surface area contributed by atoms with Crippen LogP contribution in [0.5, 0.6) is 0 Å². The van der Waals surface area contributed by atoms with Gasteiger partial charge in [0.15, 0.2) is 0 Å². The summed E-state index contributed by atoms with van der Waals surface area (Å²) in [6.07, 6.45) is 6.88. The van der Waals surface area contributed by atoms with Gasteiger partial charge in [0.1, 0.15) is 0 Å². The van der Waals surface area contributed by atoms with E-state index >= 15 is 0 Å². The topological polar surface area (TPSA) is 38.9 Å². The van der Waals surface area contributed by atoms with E-state index in [0.29, 0.717) is 0 Å². The lowest BCUT2D eigenvalue weighted by molar-refractivity contribution is 1.33. The van der Waals surface area contributed by atoms with Crippen molar-refractivity contribution in [2.45, 2.75) is 0 Å². The average molecular weight is 222 g/mol.